The predicted molar refractivity (Wildman–Crippen MR) is 90.6 cm³/mol. The first-order valence-corrected chi connectivity index (χ1v) is 8.73. The van der Waals surface area contributed by atoms with Crippen LogP contribution in [0.5, 0.6) is 0 Å². The summed E-state index contributed by atoms with van der Waals surface area (Å²) in [6.45, 7) is 3.83. The van der Waals surface area contributed by atoms with Crippen LogP contribution in [-0.4, -0.2) is 30.6 Å². The molecule has 0 aliphatic rings. The number of aromatic nitrogens is 4. The van der Waals surface area contributed by atoms with E-state index in [0.29, 0.717) is 27.4 Å². The van der Waals surface area contributed by atoms with E-state index in [1.807, 2.05) is 38.1 Å². The van der Waals surface area contributed by atoms with Crippen LogP contribution in [0.1, 0.15) is 30.1 Å². The zero-order chi connectivity index (χ0) is 16.6. The summed E-state index contributed by atoms with van der Waals surface area (Å²) in [6.07, 6.45) is 1.63. The number of rotatable bonds is 3. The lowest BCUT2D eigenvalue weighted by Crippen LogP contribution is -2.09. The molecule has 0 saturated heterocycles. The Labute approximate surface area is 136 Å². The second kappa shape index (κ2) is 6.00. The minimum atomic E-state index is -1.15. The molecule has 0 amide bonds. The van der Waals surface area contributed by atoms with Crippen LogP contribution in [0.4, 0.5) is 5.82 Å². The molecule has 2 aromatic heterocycles. The van der Waals surface area contributed by atoms with Gasteiger partial charge in [0.05, 0.1) is 38.5 Å². The van der Waals surface area contributed by atoms with Crippen molar-refractivity contribution in [2.45, 2.75) is 24.7 Å². The van der Waals surface area contributed by atoms with Crippen LogP contribution in [0.15, 0.2) is 35.2 Å². The molecule has 3 aromatic rings. The van der Waals surface area contributed by atoms with Gasteiger partial charge in [0.25, 0.3) is 0 Å². The van der Waals surface area contributed by atoms with Gasteiger partial charge in [-0.05, 0) is 38.1 Å². The van der Waals surface area contributed by atoms with Gasteiger partial charge in [-0.3, -0.25) is 4.21 Å². The fourth-order valence-electron chi connectivity index (χ4n) is 2.37. The van der Waals surface area contributed by atoms with Crippen LogP contribution in [0.25, 0.3) is 10.9 Å². The predicted octanol–water partition coefficient (Wildman–Crippen LogP) is 2.20. The van der Waals surface area contributed by atoms with Crippen LogP contribution in [-0.2, 0) is 10.8 Å². The number of nitrogen functional groups attached to an aromatic ring is 1. The van der Waals surface area contributed by atoms with Crippen molar-refractivity contribution in [2.75, 3.05) is 12.0 Å². The third kappa shape index (κ3) is 2.92. The minimum Gasteiger partial charge on any atom is -0.383 e. The molecule has 0 spiro atoms. The summed E-state index contributed by atoms with van der Waals surface area (Å²) < 4.78 is 11.9. The van der Waals surface area contributed by atoms with Crippen LogP contribution in [0, 0.1) is 6.92 Å². The summed E-state index contributed by atoms with van der Waals surface area (Å²) in [5.41, 5.74) is 8.33. The van der Waals surface area contributed by atoms with E-state index < -0.39 is 10.8 Å². The molecule has 23 heavy (non-hydrogen) atoms. The van der Waals surface area contributed by atoms with Gasteiger partial charge in [0.1, 0.15) is 11.6 Å². The van der Waals surface area contributed by atoms with E-state index in [2.05, 4.69) is 20.2 Å². The van der Waals surface area contributed by atoms with E-state index in [1.54, 1.807) is 12.3 Å². The molecular formula is C16H17N5OS. The number of nitrogens with zero attached hydrogens (tertiary/aromatic N) is 4. The third-order valence-corrected chi connectivity index (χ3v) is 4.64. The van der Waals surface area contributed by atoms with Crippen molar-refractivity contribution in [2.24, 2.45) is 0 Å². The van der Waals surface area contributed by atoms with E-state index in [0.717, 1.165) is 11.4 Å². The summed E-state index contributed by atoms with van der Waals surface area (Å²) in [5.74, 6) is 0.767. The van der Waals surface area contributed by atoms with Crippen molar-refractivity contribution >= 4 is 27.5 Å². The lowest BCUT2D eigenvalue weighted by atomic mass is 10.1. The van der Waals surface area contributed by atoms with Crippen molar-refractivity contribution in [3.05, 3.63) is 47.5 Å². The quantitative estimate of drug-likeness (QED) is 0.792. The zero-order valence-electron chi connectivity index (χ0n) is 13.1. The topological polar surface area (TPSA) is 94.7 Å². The molecule has 118 valence electrons. The molecule has 3 rings (SSSR count). The molecule has 0 bridgehead atoms. The van der Waals surface area contributed by atoms with Crippen LogP contribution in [0.2, 0.25) is 0 Å². The SMILES string of the molecule is Cc1ccc([C@@H](C)c2nc(N)c3cccc(S(C)=O)c3n2)nn1. The Morgan fingerprint density at radius 1 is 1.13 bits per heavy atom. The minimum absolute atomic E-state index is 0.159. The molecule has 1 unspecified atom stereocenters. The lowest BCUT2D eigenvalue weighted by Gasteiger charge is -2.12. The molecule has 0 radical (unpaired) electrons. The maximum atomic E-state index is 11.9. The van der Waals surface area contributed by atoms with Crippen LogP contribution < -0.4 is 5.73 Å². The van der Waals surface area contributed by atoms with Gasteiger partial charge in [0, 0.05) is 11.6 Å². The number of anilines is 1. The zero-order valence-corrected chi connectivity index (χ0v) is 14.0. The Kier molecular flexibility index (Phi) is 4.04. The number of para-hydroxylation sites is 1. The van der Waals surface area contributed by atoms with E-state index in [4.69, 9.17) is 5.73 Å². The first-order valence-electron chi connectivity index (χ1n) is 7.17. The number of nitrogens with two attached hydrogens (primary N) is 1. The molecule has 2 atom stereocenters. The highest BCUT2D eigenvalue weighted by atomic mass is 32.2. The van der Waals surface area contributed by atoms with Crippen molar-refractivity contribution in [1.82, 2.24) is 20.2 Å². The highest BCUT2D eigenvalue weighted by molar-refractivity contribution is 7.84. The first kappa shape index (κ1) is 15.5. The summed E-state index contributed by atoms with van der Waals surface area (Å²) >= 11 is 0. The second-order valence-electron chi connectivity index (χ2n) is 5.39. The Morgan fingerprint density at radius 3 is 2.57 bits per heavy atom. The highest BCUT2D eigenvalue weighted by Crippen LogP contribution is 2.27. The number of fused-ring (bicyclic) bond motifs is 1. The van der Waals surface area contributed by atoms with Gasteiger partial charge in [-0.25, -0.2) is 9.97 Å². The molecule has 2 N–H and O–H groups in total. The summed E-state index contributed by atoms with van der Waals surface area (Å²) in [4.78, 5) is 9.66. The normalized spacial score (nSPS) is 13.9. The largest absolute Gasteiger partial charge is 0.383 e. The molecule has 0 saturated carbocycles. The summed E-state index contributed by atoms with van der Waals surface area (Å²) in [5, 5.41) is 8.97. The lowest BCUT2D eigenvalue weighted by molar-refractivity contribution is 0.687. The molecule has 2 heterocycles. The Hall–Kier alpha value is -2.41. The molecule has 6 nitrogen and oxygen atoms in total. The third-order valence-electron chi connectivity index (χ3n) is 3.70. The fourth-order valence-corrected chi connectivity index (χ4v) is 3.06. The van der Waals surface area contributed by atoms with Gasteiger partial charge in [-0.1, -0.05) is 6.07 Å². The molecular weight excluding hydrogens is 310 g/mol. The number of hydrogen-bond donors (Lipinski definition) is 1. The van der Waals surface area contributed by atoms with E-state index in [-0.39, 0.29) is 5.92 Å². The number of benzene rings is 1. The van der Waals surface area contributed by atoms with Gasteiger partial charge in [0.2, 0.25) is 0 Å². The summed E-state index contributed by atoms with van der Waals surface area (Å²) in [7, 11) is -1.15. The maximum Gasteiger partial charge on any atom is 0.140 e. The van der Waals surface area contributed by atoms with Gasteiger partial charge >= 0.3 is 0 Å². The Morgan fingerprint density at radius 2 is 1.91 bits per heavy atom. The van der Waals surface area contributed by atoms with Gasteiger partial charge in [-0.2, -0.15) is 10.2 Å². The standard InChI is InChI=1S/C16H17N5OS/c1-9-7-8-12(21-20-9)10(2)16-18-14-11(15(17)19-16)5-4-6-13(14)23(3)22/h4-8,10H,1-3H3,(H2,17,18,19)/t10-,23?/m1/s1. The highest BCUT2D eigenvalue weighted by Gasteiger charge is 2.17. The summed E-state index contributed by atoms with van der Waals surface area (Å²) in [6, 6.07) is 9.25. The van der Waals surface area contributed by atoms with Gasteiger partial charge < -0.3 is 5.73 Å². The van der Waals surface area contributed by atoms with Crippen molar-refractivity contribution in [1.29, 1.82) is 0 Å². The molecule has 7 heteroatoms. The first-order chi connectivity index (χ1) is 11.0. The van der Waals surface area contributed by atoms with Gasteiger partial charge in [0.15, 0.2) is 0 Å². The smallest absolute Gasteiger partial charge is 0.140 e. The van der Waals surface area contributed by atoms with E-state index in [9.17, 15) is 4.21 Å². The molecule has 0 aliphatic heterocycles. The van der Waals surface area contributed by atoms with Crippen LogP contribution in [0.3, 0.4) is 0 Å². The van der Waals surface area contributed by atoms with E-state index in [1.165, 1.54) is 0 Å². The van der Waals surface area contributed by atoms with Crippen LogP contribution >= 0.6 is 0 Å². The second-order valence-corrected chi connectivity index (χ2v) is 6.74. The Bertz CT molecular complexity index is 895. The number of hydrogen-bond acceptors (Lipinski definition) is 6. The van der Waals surface area contributed by atoms with Crippen molar-refractivity contribution < 1.29 is 4.21 Å². The number of aryl methyl sites for hydroxylation is 1. The van der Waals surface area contributed by atoms with Crippen molar-refractivity contribution in [3.8, 4) is 0 Å². The maximum absolute atomic E-state index is 11.9. The molecule has 1 aromatic carbocycles. The van der Waals surface area contributed by atoms with E-state index >= 15 is 0 Å². The average molecular weight is 327 g/mol. The Balaban J connectivity index is 2.16. The van der Waals surface area contributed by atoms with Gasteiger partial charge in [-0.15, -0.1) is 0 Å². The van der Waals surface area contributed by atoms with Crippen molar-refractivity contribution in [3.63, 3.8) is 0 Å². The average Bonchev–Trinajstić information content (AvgIpc) is 2.54. The molecule has 0 aliphatic carbocycles. The monoisotopic (exact) mass is 327 g/mol. The fraction of sp³-hybridized carbons (Fsp3) is 0.250. The molecule has 0 fully saturated rings.